The van der Waals surface area contributed by atoms with Gasteiger partial charge >= 0.3 is 0 Å². The molecule has 108 valence electrons. The van der Waals surface area contributed by atoms with Crippen molar-refractivity contribution in [1.82, 2.24) is 14.5 Å². The summed E-state index contributed by atoms with van der Waals surface area (Å²) in [6.45, 7) is 2.81. The van der Waals surface area contributed by atoms with Crippen LogP contribution in [0.4, 0.5) is 0 Å². The van der Waals surface area contributed by atoms with E-state index in [-0.39, 0.29) is 5.56 Å². The maximum Gasteiger partial charge on any atom is 0.261 e. The first-order chi connectivity index (χ1) is 9.52. The molecule has 0 aliphatic carbocycles. The van der Waals surface area contributed by atoms with E-state index in [9.17, 15) is 4.79 Å². The summed E-state index contributed by atoms with van der Waals surface area (Å²) in [5.74, 6) is 0. The Balaban J connectivity index is 2.38. The van der Waals surface area contributed by atoms with Crippen LogP contribution in [0.25, 0.3) is 10.9 Å². The molecule has 2 aromatic rings. The quantitative estimate of drug-likeness (QED) is 0.851. The molecule has 0 fully saturated rings. The van der Waals surface area contributed by atoms with Gasteiger partial charge in [-0.05, 0) is 38.7 Å². The predicted octanol–water partition coefficient (Wildman–Crippen LogP) is 2.78. The van der Waals surface area contributed by atoms with Crippen LogP contribution in [0.2, 0.25) is 5.02 Å². The summed E-state index contributed by atoms with van der Waals surface area (Å²) < 4.78 is 1.69. The molecule has 1 heterocycles. The number of halogens is 1. The van der Waals surface area contributed by atoms with Crippen molar-refractivity contribution >= 4 is 22.5 Å². The Morgan fingerprint density at radius 1 is 1.40 bits per heavy atom. The third-order valence-electron chi connectivity index (χ3n) is 3.55. The van der Waals surface area contributed by atoms with Crippen molar-refractivity contribution in [1.29, 1.82) is 0 Å². The molecule has 1 aromatic carbocycles. The molecule has 0 aliphatic rings. The minimum atomic E-state index is -0.00498. The minimum absolute atomic E-state index is 0.00498. The second-order valence-corrected chi connectivity index (χ2v) is 5.71. The molecule has 0 saturated carbocycles. The normalized spacial score (nSPS) is 13.1. The monoisotopic (exact) mass is 293 g/mol. The van der Waals surface area contributed by atoms with Gasteiger partial charge in [-0.15, -0.1) is 0 Å². The van der Waals surface area contributed by atoms with Gasteiger partial charge in [0.1, 0.15) is 0 Å². The van der Waals surface area contributed by atoms with Crippen molar-refractivity contribution < 1.29 is 0 Å². The van der Waals surface area contributed by atoms with Crippen LogP contribution in [-0.4, -0.2) is 34.6 Å². The van der Waals surface area contributed by atoms with Gasteiger partial charge in [-0.3, -0.25) is 9.36 Å². The van der Waals surface area contributed by atoms with Crippen molar-refractivity contribution in [3.05, 3.63) is 39.9 Å². The highest BCUT2D eigenvalue weighted by Gasteiger charge is 2.13. The van der Waals surface area contributed by atoms with Gasteiger partial charge in [0.15, 0.2) is 0 Å². The highest BCUT2D eigenvalue weighted by atomic mass is 35.5. The van der Waals surface area contributed by atoms with Crippen molar-refractivity contribution in [2.75, 3.05) is 14.1 Å². The van der Waals surface area contributed by atoms with Crippen molar-refractivity contribution in [2.24, 2.45) is 0 Å². The molecule has 20 heavy (non-hydrogen) atoms. The lowest BCUT2D eigenvalue weighted by molar-refractivity contribution is 0.246. The lowest BCUT2D eigenvalue weighted by atomic mass is 10.1. The third-order valence-corrected chi connectivity index (χ3v) is 3.78. The van der Waals surface area contributed by atoms with Gasteiger partial charge in [-0.25, -0.2) is 4.98 Å². The largest absolute Gasteiger partial charge is 0.305 e. The Kier molecular flexibility index (Phi) is 4.78. The van der Waals surface area contributed by atoms with E-state index in [1.165, 1.54) is 0 Å². The number of hydrogen-bond donors (Lipinski definition) is 0. The van der Waals surface area contributed by atoms with E-state index in [1.807, 2.05) is 14.1 Å². The molecule has 0 spiro atoms. The molecule has 0 unspecified atom stereocenters. The summed E-state index contributed by atoms with van der Waals surface area (Å²) in [6, 6.07) is 5.53. The Morgan fingerprint density at radius 2 is 2.15 bits per heavy atom. The first-order valence-corrected chi connectivity index (χ1v) is 7.22. The standard InChI is InChI=1S/C15H20ClN3O/c1-4-5-12(18(2)3)9-19-10-17-14-8-11(16)6-7-13(14)15(19)20/h6-8,10,12H,4-5,9H2,1-3H3/t12-/m0/s1. The highest BCUT2D eigenvalue weighted by molar-refractivity contribution is 6.31. The highest BCUT2D eigenvalue weighted by Crippen LogP contribution is 2.14. The molecule has 2 rings (SSSR count). The molecule has 0 aliphatic heterocycles. The predicted molar refractivity (Wildman–Crippen MR) is 83.4 cm³/mol. The summed E-state index contributed by atoms with van der Waals surface area (Å²) in [7, 11) is 4.08. The van der Waals surface area contributed by atoms with E-state index in [0.29, 0.717) is 28.5 Å². The lowest BCUT2D eigenvalue weighted by Gasteiger charge is -2.24. The van der Waals surface area contributed by atoms with Gasteiger partial charge in [0, 0.05) is 17.6 Å². The summed E-state index contributed by atoms with van der Waals surface area (Å²) in [6.07, 6.45) is 3.76. The Hall–Kier alpha value is -1.39. The number of aromatic nitrogens is 2. The molecule has 1 aromatic heterocycles. The van der Waals surface area contributed by atoms with Crippen LogP contribution in [0, 0.1) is 0 Å². The first-order valence-electron chi connectivity index (χ1n) is 6.84. The fraction of sp³-hybridized carbons (Fsp3) is 0.467. The molecule has 1 atom stereocenters. The minimum Gasteiger partial charge on any atom is -0.305 e. The topological polar surface area (TPSA) is 38.1 Å². The molecular weight excluding hydrogens is 274 g/mol. The van der Waals surface area contributed by atoms with Gasteiger partial charge in [0.05, 0.1) is 17.2 Å². The Bertz CT molecular complexity index is 651. The number of hydrogen-bond acceptors (Lipinski definition) is 3. The maximum absolute atomic E-state index is 12.5. The summed E-state index contributed by atoms with van der Waals surface area (Å²) >= 11 is 5.92. The van der Waals surface area contributed by atoms with E-state index >= 15 is 0 Å². The fourth-order valence-corrected chi connectivity index (χ4v) is 2.50. The average molecular weight is 294 g/mol. The molecule has 0 saturated heterocycles. The Labute approximate surface area is 124 Å². The SMILES string of the molecule is CCC[C@@H](Cn1cnc2cc(Cl)ccc2c1=O)N(C)C. The zero-order valence-electron chi connectivity index (χ0n) is 12.1. The third kappa shape index (κ3) is 3.19. The van der Waals surface area contributed by atoms with Crippen LogP contribution in [0.15, 0.2) is 29.3 Å². The lowest BCUT2D eigenvalue weighted by Crippen LogP contribution is -2.35. The molecule has 0 radical (unpaired) electrons. The second-order valence-electron chi connectivity index (χ2n) is 5.27. The van der Waals surface area contributed by atoms with Gasteiger partial charge in [0.2, 0.25) is 0 Å². The average Bonchev–Trinajstić information content (AvgIpc) is 2.40. The number of fused-ring (bicyclic) bond motifs is 1. The van der Waals surface area contributed by atoms with Crippen LogP contribution >= 0.6 is 11.6 Å². The van der Waals surface area contributed by atoms with E-state index in [2.05, 4.69) is 16.8 Å². The molecule has 4 nitrogen and oxygen atoms in total. The summed E-state index contributed by atoms with van der Waals surface area (Å²) in [5.41, 5.74) is 0.644. The number of nitrogens with zero attached hydrogens (tertiary/aromatic N) is 3. The van der Waals surface area contributed by atoms with E-state index in [1.54, 1.807) is 29.1 Å². The summed E-state index contributed by atoms with van der Waals surface area (Å²) in [5, 5.41) is 1.21. The fourth-order valence-electron chi connectivity index (χ4n) is 2.33. The molecule has 0 amide bonds. The van der Waals surface area contributed by atoms with Crippen LogP contribution in [-0.2, 0) is 6.54 Å². The zero-order valence-corrected chi connectivity index (χ0v) is 12.9. The number of benzene rings is 1. The van der Waals surface area contributed by atoms with Gasteiger partial charge in [-0.2, -0.15) is 0 Å². The smallest absolute Gasteiger partial charge is 0.261 e. The molecular formula is C15H20ClN3O. The van der Waals surface area contributed by atoms with Crippen LogP contribution < -0.4 is 5.56 Å². The zero-order chi connectivity index (χ0) is 14.7. The van der Waals surface area contributed by atoms with E-state index in [4.69, 9.17) is 11.6 Å². The van der Waals surface area contributed by atoms with Gasteiger partial charge < -0.3 is 4.90 Å². The molecule has 0 bridgehead atoms. The van der Waals surface area contributed by atoms with Crippen molar-refractivity contribution in [3.8, 4) is 0 Å². The molecule has 0 N–H and O–H groups in total. The Morgan fingerprint density at radius 3 is 2.80 bits per heavy atom. The number of rotatable bonds is 5. The second kappa shape index (κ2) is 6.37. The van der Waals surface area contributed by atoms with Gasteiger partial charge in [-0.1, -0.05) is 24.9 Å². The maximum atomic E-state index is 12.5. The van der Waals surface area contributed by atoms with Crippen molar-refractivity contribution in [3.63, 3.8) is 0 Å². The number of likely N-dealkylation sites (N-methyl/N-ethyl adjacent to an activating group) is 1. The van der Waals surface area contributed by atoms with E-state index in [0.717, 1.165) is 12.8 Å². The van der Waals surface area contributed by atoms with Crippen LogP contribution in [0.3, 0.4) is 0 Å². The van der Waals surface area contributed by atoms with Crippen LogP contribution in [0.5, 0.6) is 0 Å². The first kappa shape index (κ1) is 15.0. The van der Waals surface area contributed by atoms with Crippen LogP contribution in [0.1, 0.15) is 19.8 Å². The van der Waals surface area contributed by atoms with Gasteiger partial charge in [0.25, 0.3) is 5.56 Å². The van der Waals surface area contributed by atoms with E-state index < -0.39 is 0 Å². The van der Waals surface area contributed by atoms with Crippen molar-refractivity contribution in [2.45, 2.75) is 32.4 Å². The summed E-state index contributed by atoms with van der Waals surface area (Å²) in [4.78, 5) is 19.0. The molecule has 5 heteroatoms.